The fourth-order valence-electron chi connectivity index (χ4n) is 2.72. The molecule has 1 aliphatic carbocycles. The summed E-state index contributed by atoms with van der Waals surface area (Å²) in [5.41, 5.74) is 0.0317. The molecular weight excluding hydrogens is 315 g/mol. The van der Waals surface area contributed by atoms with Crippen LogP contribution >= 0.6 is 0 Å². The summed E-state index contributed by atoms with van der Waals surface area (Å²) < 4.78 is 45.5. The summed E-state index contributed by atoms with van der Waals surface area (Å²) >= 11 is 0. The Morgan fingerprint density at radius 1 is 1.30 bits per heavy atom. The topological polar surface area (TPSA) is 98.3 Å². The van der Waals surface area contributed by atoms with Gasteiger partial charge in [0.15, 0.2) is 11.5 Å². The zero-order valence-corrected chi connectivity index (χ0v) is 11.6. The standard InChI is InChI=1S/C12H10F3N7O/c13-12(14,15)9-6-2-1-3-7(6)22(20-9)4-8-18-11(21-23-8)10-16-5-17-19-10/h5H,1-4H2,(H,16,17,19). The van der Waals surface area contributed by atoms with Crippen molar-refractivity contribution in [2.45, 2.75) is 32.0 Å². The van der Waals surface area contributed by atoms with Gasteiger partial charge in [-0.2, -0.15) is 28.4 Å². The molecular formula is C12H10F3N7O. The smallest absolute Gasteiger partial charge is 0.337 e. The van der Waals surface area contributed by atoms with Crippen molar-refractivity contribution < 1.29 is 17.7 Å². The molecule has 11 heteroatoms. The van der Waals surface area contributed by atoms with E-state index in [-0.39, 0.29) is 23.8 Å². The lowest BCUT2D eigenvalue weighted by atomic mass is 10.2. The number of hydrogen-bond acceptors (Lipinski definition) is 6. The molecule has 4 rings (SSSR count). The molecule has 3 heterocycles. The number of fused-ring (bicyclic) bond motifs is 1. The van der Waals surface area contributed by atoms with Crippen LogP contribution in [0.1, 0.15) is 29.3 Å². The fourth-order valence-corrected chi connectivity index (χ4v) is 2.72. The summed E-state index contributed by atoms with van der Waals surface area (Å²) in [6.07, 6.45) is -1.54. The molecule has 0 spiro atoms. The highest BCUT2D eigenvalue weighted by molar-refractivity contribution is 5.39. The van der Waals surface area contributed by atoms with E-state index in [0.717, 1.165) is 0 Å². The summed E-state index contributed by atoms with van der Waals surface area (Å²) in [6.45, 7) is -0.0143. The van der Waals surface area contributed by atoms with Gasteiger partial charge in [-0.05, 0) is 19.3 Å². The van der Waals surface area contributed by atoms with Gasteiger partial charge in [-0.1, -0.05) is 5.16 Å². The van der Waals surface area contributed by atoms with Crippen LogP contribution in [0.4, 0.5) is 13.2 Å². The number of nitrogens with zero attached hydrogens (tertiary/aromatic N) is 6. The van der Waals surface area contributed by atoms with Gasteiger partial charge in [-0.3, -0.25) is 9.78 Å². The molecule has 8 nitrogen and oxygen atoms in total. The number of aromatic amines is 1. The van der Waals surface area contributed by atoms with E-state index in [4.69, 9.17) is 4.52 Å². The van der Waals surface area contributed by atoms with E-state index in [1.807, 2.05) is 0 Å². The second kappa shape index (κ2) is 4.89. The van der Waals surface area contributed by atoms with E-state index in [0.29, 0.717) is 30.8 Å². The summed E-state index contributed by atoms with van der Waals surface area (Å²) in [4.78, 5) is 7.97. The third-order valence-corrected chi connectivity index (χ3v) is 3.66. The quantitative estimate of drug-likeness (QED) is 0.785. The number of H-pyrrole nitrogens is 1. The molecule has 0 amide bonds. The Labute approximate surface area is 126 Å². The van der Waals surface area contributed by atoms with Crippen LogP contribution in [0.3, 0.4) is 0 Å². The maximum atomic E-state index is 13.0. The Morgan fingerprint density at radius 3 is 2.91 bits per heavy atom. The molecule has 0 saturated carbocycles. The first-order chi connectivity index (χ1) is 11.0. The Balaban J connectivity index is 1.65. The molecule has 0 unspecified atom stereocenters. The lowest BCUT2D eigenvalue weighted by Crippen LogP contribution is -2.11. The average molecular weight is 325 g/mol. The van der Waals surface area contributed by atoms with Crippen molar-refractivity contribution in [3.8, 4) is 11.6 Å². The summed E-state index contributed by atoms with van der Waals surface area (Å²) in [7, 11) is 0. The van der Waals surface area contributed by atoms with E-state index in [1.54, 1.807) is 0 Å². The molecule has 0 atom stereocenters. The van der Waals surface area contributed by atoms with Gasteiger partial charge in [0.2, 0.25) is 11.7 Å². The van der Waals surface area contributed by atoms with Gasteiger partial charge in [0.1, 0.15) is 12.9 Å². The Kier molecular flexibility index (Phi) is 2.96. The molecule has 3 aromatic heterocycles. The molecule has 0 bridgehead atoms. The van der Waals surface area contributed by atoms with Crippen molar-refractivity contribution in [1.82, 2.24) is 35.1 Å². The van der Waals surface area contributed by atoms with E-state index < -0.39 is 11.9 Å². The molecule has 1 N–H and O–H groups in total. The summed E-state index contributed by atoms with van der Waals surface area (Å²) in [5, 5.41) is 13.7. The van der Waals surface area contributed by atoms with E-state index in [1.165, 1.54) is 11.0 Å². The molecule has 0 aliphatic heterocycles. The van der Waals surface area contributed by atoms with E-state index >= 15 is 0 Å². The minimum absolute atomic E-state index is 0.0143. The van der Waals surface area contributed by atoms with Gasteiger partial charge in [-0.25, -0.2) is 4.98 Å². The lowest BCUT2D eigenvalue weighted by molar-refractivity contribution is -0.142. The zero-order valence-electron chi connectivity index (χ0n) is 11.6. The highest BCUT2D eigenvalue weighted by Gasteiger charge is 2.40. The zero-order chi connectivity index (χ0) is 16.0. The van der Waals surface area contributed by atoms with Crippen LogP contribution < -0.4 is 0 Å². The van der Waals surface area contributed by atoms with Gasteiger partial charge in [-0.15, -0.1) is 0 Å². The Hall–Kier alpha value is -2.72. The highest BCUT2D eigenvalue weighted by atomic mass is 19.4. The van der Waals surface area contributed by atoms with Gasteiger partial charge in [0, 0.05) is 11.3 Å². The Bertz CT molecular complexity index is 834. The number of hydrogen-bond donors (Lipinski definition) is 1. The van der Waals surface area contributed by atoms with E-state index in [9.17, 15) is 13.2 Å². The molecule has 0 fully saturated rings. The first-order valence-corrected chi connectivity index (χ1v) is 6.86. The second-order valence-electron chi connectivity index (χ2n) is 5.13. The van der Waals surface area contributed by atoms with Crippen LogP contribution in [0.2, 0.25) is 0 Å². The first kappa shape index (κ1) is 13.9. The normalized spacial score (nSPS) is 14.4. The molecule has 0 radical (unpaired) electrons. The maximum absolute atomic E-state index is 13.0. The molecule has 120 valence electrons. The first-order valence-electron chi connectivity index (χ1n) is 6.86. The van der Waals surface area contributed by atoms with Crippen molar-refractivity contribution in [1.29, 1.82) is 0 Å². The monoisotopic (exact) mass is 325 g/mol. The molecule has 3 aromatic rings. The SMILES string of the molecule is FC(F)(F)c1nn(Cc2nc(-c3ncn[nH]3)no2)c2c1CCC2. The number of rotatable bonds is 3. The van der Waals surface area contributed by atoms with Crippen molar-refractivity contribution in [3.63, 3.8) is 0 Å². The van der Waals surface area contributed by atoms with Gasteiger partial charge < -0.3 is 4.52 Å². The van der Waals surface area contributed by atoms with Crippen LogP contribution in [0, 0.1) is 0 Å². The van der Waals surface area contributed by atoms with Crippen LogP contribution in [0.15, 0.2) is 10.9 Å². The molecule has 23 heavy (non-hydrogen) atoms. The third-order valence-electron chi connectivity index (χ3n) is 3.66. The van der Waals surface area contributed by atoms with Crippen LogP contribution in [-0.4, -0.2) is 35.1 Å². The van der Waals surface area contributed by atoms with E-state index in [2.05, 4.69) is 30.4 Å². The van der Waals surface area contributed by atoms with Crippen molar-refractivity contribution in [2.75, 3.05) is 0 Å². The van der Waals surface area contributed by atoms with Crippen LogP contribution in [-0.2, 0) is 25.6 Å². The molecule has 0 aromatic carbocycles. The lowest BCUT2D eigenvalue weighted by Gasteiger charge is -2.03. The predicted molar refractivity (Wildman–Crippen MR) is 68.0 cm³/mol. The Morgan fingerprint density at radius 2 is 2.17 bits per heavy atom. The van der Waals surface area contributed by atoms with Crippen LogP contribution in [0.5, 0.6) is 0 Å². The number of halogens is 3. The maximum Gasteiger partial charge on any atom is 0.435 e. The fraction of sp³-hybridized carbons (Fsp3) is 0.417. The second-order valence-corrected chi connectivity index (χ2v) is 5.13. The predicted octanol–water partition coefficient (Wildman–Crippen LogP) is 1.61. The summed E-state index contributed by atoms with van der Waals surface area (Å²) in [5.74, 6) is 0.668. The summed E-state index contributed by atoms with van der Waals surface area (Å²) in [6, 6.07) is 0. The molecule has 1 aliphatic rings. The highest BCUT2D eigenvalue weighted by Crippen LogP contribution is 2.36. The van der Waals surface area contributed by atoms with Crippen molar-refractivity contribution in [3.05, 3.63) is 29.2 Å². The third kappa shape index (κ3) is 2.37. The van der Waals surface area contributed by atoms with Crippen LogP contribution in [0.25, 0.3) is 11.6 Å². The average Bonchev–Trinajstić information content (AvgIpc) is 3.24. The van der Waals surface area contributed by atoms with Gasteiger partial charge in [0.05, 0.1) is 0 Å². The van der Waals surface area contributed by atoms with Gasteiger partial charge >= 0.3 is 6.18 Å². The largest absolute Gasteiger partial charge is 0.435 e. The molecule has 0 saturated heterocycles. The number of aromatic nitrogens is 7. The number of nitrogens with one attached hydrogen (secondary N) is 1. The van der Waals surface area contributed by atoms with Crippen molar-refractivity contribution >= 4 is 0 Å². The van der Waals surface area contributed by atoms with Crippen molar-refractivity contribution in [2.24, 2.45) is 0 Å². The van der Waals surface area contributed by atoms with Gasteiger partial charge in [0.25, 0.3) is 0 Å². The number of alkyl halides is 3. The minimum Gasteiger partial charge on any atom is -0.337 e. The minimum atomic E-state index is -4.46.